The van der Waals surface area contributed by atoms with Crippen molar-refractivity contribution in [1.82, 2.24) is 9.97 Å². The molecule has 0 aliphatic carbocycles. The first kappa shape index (κ1) is 18.4. The number of carbonyl (C=O) groups is 1. The van der Waals surface area contributed by atoms with Gasteiger partial charge >= 0.3 is 0 Å². The van der Waals surface area contributed by atoms with Gasteiger partial charge in [0.2, 0.25) is 0 Å². The molecule has 27 heavy (non-hydrogen) atoms. The Hall–Kier alpha value is -3.41. The van der Waals surface area contributed by atoms with Crippen molar-refractivity contribution < 1.29 is 4.79 Å². The standard InChI is InChI=1S/C21H23N5O/c1-14-5-6-15(2)18(11-14)25-20-12-19(22-13-23-20)21(27)24-16-7-9-17(10-8-16)26(3)4/h5-13H,1-4H3,(H,24,27)(H,22,23,25). The van der Waals surface area contributed by atoms with Gasteiger partial charge in [-0.25, -0.2) is 9.97 Å². The fourth-order valence-electron chi connectivity index (χ4n) is 2.60. The van der Waals surface area contributed by atoms with Gasteiger partial charge in [0.1, 0.15) is 17.8 Å². The fraction of sp³-hybridized carbons (Fsp3) is 0.190. The van der Waals surface area contributed by atoms with Crippen LogP contribution >= 0.6 is 0 Å². The van der Waals surface area contributed by atoms with E-state index in [1.807, 2.05) is 69.2 Å². The van der Waals surface area contributed by atoms with Crippen LogP contribution in [0.3, 0.4) is 0 Å². The second-order valence-corrected chi connectivity index (χ2v) is 6.63. The highest BCUT2D eigenvalue weighted by Crippen LogP contribution is 2.21. The van der Waals surface area contributed by atoms with E-state index in [2.05, 4.69) is 26.7 Å². The van der Waals surface area contributed by atoms with Crippen molar-refractivity contribution in [3.8, 4) is 0 Å². The van der Waals surface area contributed by atoms with E-state index < -0.39 is 0 Å². The number of carbonyl (C=O) groups excluding carboxylic acids is 1. The van der Waals surface area contributed by atoms with Crippen LogP contribution < -0.4 is 15.5 Å². The summed E-state index contributed by atoms with van der Waals surface area (Å²) in [5.74, 6) is 0.297. The normalized spacial score (nSPS) is 10.4. The van der Waals surface area contributed by atoms with Crippen LogP contribution in [0, 0.1) is 13.8 Å². The maximum atomic E-state index is 12.5. The van der Waals surface area contributed by atoms with Crippen LogP contribution in [0.15, 0.2) is 54.9 Å². The Kier molecular flexibility index (Phi) is 5.35. The lowest BCUT2D eigenvalue weighted by molar-refractivity contribution is 0.102. The predicted molar refractivity (Wildman–Crippen MR) is 110 cm³/mol. The van der Waals surface area contributed by atoms with Crippen molar-refractivity contribution in [3.05, 3.63) is 71.7 Å². The lowest BCUT2D eigenvalue weighted by atomic mass is 10.1. The number of rotatable bonds is 5. The molecule has 1 amide bonds. The Bertz CT molecular complexity index is 951. The van der Waals surface area contributed by atoms with Gasteiger partial charge < -0.3 is 15.5 Å². The van der Waals surface area contributed by atoms with Crippen molar-refractivity contribution in [1.29, 1.82) is 0 Å². The fourth-order valence-corrected chi connectivity index (χ4v) is 2.60. The van der Waals surface area contributed by atoms with E-state index >= 15 is 0 Å². The van der Waals surface area contributed by atoms with Gasteiger partial charge in [-0.15, -0.1) is 0 Å². The molecule has 0 bridgehead atoms. The first-order valence-corrected chi connectivity index (χ1v) is 8.67. The smallest absolute Gasteiger partial charge is 0.274 e. The van der Waals surface area contributed by atoms with Crippen LogP contribution in [-0.2, 0) is 0 Å². The van der Waals surface area contributed by atoms with Crippen LogP contribution in [0.5, 0.6) is 0 Å². The lowest BCUT2D eigenvalue weighted by Gasteiger charge is -2.13. The average molecular weight is 361 g/mol. The van der Waals surface area contributed by atoms with Crippen LogP contribution in [0.4, 0.5) is 22.9 Å². The van der Waals surface area contributed by atoms with Gasteiger partial charge in [-0.05, 0) is 55.3 Å². The number of anilines is 4. The summed E-state index contributed by atoms with van der Waals surface area (Å²) in [6.45, 7) is 4.05. The highest BCUT2D eigenvalue weighted by atomic mass is 16.1. The first-order chi connectivity index (χ1) is 12.9. The van der Waals surface area contributed by atoms with Crippen molar-refractivity contribution in [2.75, 3.05) is 29.6 Å². The largest absolute Gasteiger partial charge is 0.378 e. The number of aryl methyl sites for hydroxylation is 2. The average Bonchev–Trinajstić information content (AvgIpc) is 2.65. The Labute approximate surface area is 159 Å². The molecular weight excluding hydrogens is 338 g/mol. The van der Waals surface area contributed by atoms with Crippen molar-refractivity contribution in [3.63, 3.8) is 0 Å². The Morgan fingerprint density at radius 1 is 0.963 bits per heavy atom. The highest BCUT2D eigenvalue weighted by molar-refractivity contribution is 6.03. The van der Waals surface area contributed by atoms with Crippen molar-refractivity contribution in [2.45, 2.75) is 13.8 Å². The molecule has 2 N–H and O–H groups in total. The maximum Gasteiger partial charge on any atom is 0.274 e. The monoisotopic (exact) mass is 361 g/mol. The summed E-state index contributed by atoms with van der Waals surface area (Å²) in [6.07, 6.45) is 1.39. The lowest BCUT2D eigenvalue weighted by Crippen LogP contribution is -2.14. The van der Waals surface area contributed by atoms with E-state index in [4.69, 9.17) is 0 Å². The topological polar surface area (TPSA) is 70.2 Å². The van der Waals surface area contributed by atoms with Gasteiger partial charge in [-0.1, -0.05) is 12.1 Å². The van der Waals surface area contributed by atoms with E-state index in [9.17, 15) is 4.79 Å². The molecule has 6 heteroatoms. The number of amides is 1. The maximum absolute atomic E-state index is 12.5. The van der Waals surface area contributed by atoms with Crippen molar-refractivity contribution >= 4 is 28.8 Å². The number of hydrogen-bond donors (Lipinski definition) is 2. The summed E-state index contributed by atoms with van der Waals surface area (Å²) in [4.78, 5) is 22.8. The molecule has 1 aromatic heterocycles. The second-order valence-electron chi connectivity index (χ2n) is 6.63. The third kappa shape index (κ3) is 4.61. The summed E-state index contributed by atoms with van der Waals surface area (Å²) in [5.41, 5.74) is 5.29. The van der Waals surface area contributed by atoms with Crippen molar-refractivity contribution in [2.24, 2.45) is 0 Å². The third-order valence-electron chi connectivity index (χ3n) is 4.20. The summed E-state index contributed by atoms with van der Waals surface area (Å²) >= 11 is 0. The number of nitrogens with one attached hydrogen (secondary N) is 2. The van der Waals surface area contributed by atoms with Gasteiger partial charge in [0.15, 0.2) is 0 Å². The number of aromatic nitrogens is 2. The van der Waals surface area contributed by atoms with E-state index in [0.29, 0.717) is 17.2 Å². The Morgan fingerprint density at radius 2 is 1.70 bits per heavy atom. The summed E-state index contributed by atoms with van der Waals surface area (Å²) < 4.78 is 0. The first-order valence-electron chi connectivity index (χ1n) is 8.67. The number of nitrogens with zero attached hydrogens (tertiary/aromatic N) is 3. The Balaban J connectivity index is 1.74. The molecular formula is C21H23N5O. The minimum absolute atomic E-state index is 0.279. The molecule has 0 radical (unpaired) electrons. The molecule has 0 saturated heterocycles. The van der Waals surface area contributed by atoms with E-state index in [1.54, 1.807) is 6.07 Å². The molecule has 0 aliphatic rings. The molecule has 0 atom stereocenters. The predicted octanol–water partition coefficient (Wildman–Crippen LogP) is 4.16. The summed E-state index contributed by atoms with van der Waals surface area (Å²) in [7, 11) is 3.94. The third-order valence-corrected chi connectivity index (χ3v) is 4.20. The molecule has 2 aromatic carbocycles. The van der Waals surface area contributed by atoms with Gasteiger partial charge in [0, 0.05) is 37.2 Å². The van der Waals surface area contributed by atoms with Gasteiger partial charge in [0.05, 0.1) is 0 Å². The number of benzene rings is 2. The molecule has 3 rings (SSSR count). The van der Waals surface area contributed by atoms with Crippen LogP contribution in [0.1, 0.15) is 21.6 Å². The van der Waals surface area contributed by atoms with E-state index in [1.165, 1.54) is 6.33 Å². The zero-order chi connectivity index (χ0) is 19.4. The molecule has 0 unspecified atom stereocenters. The molecule has 3 aromatic rings. The molecule has 0 aliphatic heterocycles. The van der Waals surface area contributed by atoms with Gasteiger partial charge in [0.25, 0.3) is 5.91 Å². The van der Waals surface area contributed by atoms with Crippen LogP contribution in [0.2, 0.25) is 0 Å². The quantitative estimate of drug-likeness (QED) is 0.714. The zero-order valence-electron chi connectivity index (χ0n) is 15.9. The molecule has 0 fully saturated rings. The van der Waals surface area contributed by atoms with E-state index in [-0.39, 0.29) is 5.91 Å². The van der Waals surface area contributed by atoms with Gasteiger partial charge in [-0.3, -0.25) is 4.79 Å². The van der Waals surface area contributed by atoms with Crippen LogP contribution in [-0.4, -0.2) is 30.0 Å². The molecule has 1 heterocycles. The summed E-state index contributed by atoms with van der Waals surface area (Å²) in [5, 5.41) is 6.12. The molecule has 6 nitrogen and oxygen atoms in total. The zero-order valence-corrected chi connectivity index (χ0v) is 15.9. The van der Waals surface area contributed by atoms with Crippen LogP contribution in [0.25, 0.3) is 0 Å². The SMILES string of the molecule is Cc1ccc(C)c(Nc2cc(C(=O)Nc3ccc(N(C)C)cc3)ncn2)c1. The Morgan fingerprint density at radius 3 is 2.41 bits per heavy atom. The minimum Gasteiger partial charge on any atom is -0.378 e. The molecule has 138 valence electrons. The molecule has 0 spiro atoms. The minimum atomic E-state index is -0.279. The van der Waals surface area contributed by atoms with Gasteiger partial charge in [-0.2, -0.15) is 0 Å². The highest BCUT2D eigenvalue weighted by Gasteiger charge is 2.10. The summed E-state index contributed by atoms with van der Waals surface area (Å²) in [6, 6.07) is 15.4. The molecule has 0 saturated carbocycles. The van der Waals surface area contributed by atoms with E-state index in [0.717, 1.165) is 22.5 Å². The second kappa shape index (κ2) is 7.86. The number of hydrogen-bond acceptors (Lipinski definition) is 5.